The molecule has 1 N–H and O–H groups in total. The first-order chi connectivity index (χ1) is 15.6. The molecule has 0 radical (unpaired) electrons. The Kier molecular flexibility index (Phi) is 6.72. The number of aryl methyl sites for hydroxylation is 2. The fourth-order valence-corrected chi connectivity index (χ4v) is 6.18. The molecule has 1 aromatic heterocycles. The van der Waals surface area contributed by atoms with Gasteiger partial charge in [-0.25, -0.2) is 4.39 Å². The molecule has 2 aliphatic carbocycles. The van der Waals surface area contributed by atoms with Gasteiger partial charge in [-0.3, -0.25) is 9.52 Å². The highest BCUT2D eigenvalue weighted by atomic mass is 32.2. The number of aromatic nitrogens is 1. The summed E-state index contributed by atoms with van der Waals surface area (Å²) in [4.78, 5) is 13.0. The Balaban J connectivity index is 1.24. The van der Waals surface area contributed by atoms with Gasteiger partial charge in [0, 0.05) is 22.5 Å². The van der Waals surface area contributed by atoms with Crippen molar-refractivity contribution in [3.8, 4) is 0 Å². The van der Waals surface area contributed by atoms with Crippen LogP contribution < -0.4 is 10.3 Å². The molecule has 0 amide bonds. The molecule has 2 fully saturated rings. The van der Waals surface area contributed by atoms with E-state index in [0.717, 1.165) is 55.0 Å². The van der Waals surface area contributed by atoms with Crippen LogP contribution in [-0.2, 0) is 11.2 Å². The molecule has 2 aromatic rings. The fraction of sp³-hybridized carbons (Fsp3) is 0.577. The van der Waals surface area contributed by atoms with E-state index in [-0.39, 0.29) is 29.6 Å². The summed E-state index contributed by atoms with van der Waals surface area (Å²) in [5.74, 6) is 0.313. The van der Waals surface area contributed by atoms with Crippen LogP contribution in [0.15, 0.2) is 41.2 Å². The summed E-state index contributed by atoms with van der Waals surface area (Å²) in [7, 11) is 0. The first-order valence-corrected chi connectivity index (χ1v) is 13.0. The normalized spacial score (nSPS) is 27.8. The van der Waals surface area contributed by atoms with E-state index in [4.69, 9.17) is 4.74 Å². The van der Waals surface area contributed by atoms with Gasteiger partial charge in [-0.15, -0.1) is 0 Å². The summed E-state index contributed by atoms with van der Waals surface area (Å²) >= 11 is 1.85. The van der Waals surface area contributed by atoms with E-state index >= 15 is 0 Å². The minimum atomic E-state index is -0.174. The lowest BCUT2D eigenvalue weighted by atomic mass is 9.82. The Labute approximate surface area is 194 Å². The summed E-state index contributed by atoms with van der Waals surface area (Å²) in [6.45, 7) is 2.48. The number of hydrogen-bond acceptors (Lipinski definition) is 4. The van der Waals surface area contributed by atoms with Gasteiger partial charge >= 0.3 is 0 Å². The van der Waals surface area contributed by atoms with Crippen LogP contribution >= 0.6 is 11.9 Å². The maximum atomic E-state index is 13.2. The maximum absolute atomic E-state index is 13.2. The molecule has 0 spiro atoms. The average Bonchev–Trinajstić information content (AvgIpc) is 3.64. The summed E-state index contributed by atoms with van der Waals surface area (Å²) in [5, 5.41) is 0.730. The van der Waals surface area contributed by atoms with Gasteiger partial charge in [0.25, 0.3) is 5.56 Å². The smallest absolute Gasteiger partial charge is 0.254 e. The van der Waals surface area contributed by atoms with Gasteiger partial charge in [0.2, 0.25) is 0 Å². The zero-order valence-electron chi connectivity index (χ0n) is 18.8. The van der Waals surface area contributed by atoms with E-state index in [1.165, 1.54) is 18.4 Å². The van der Waals surface area contributed by atoms with E-state index in [0.29, 0.717) is 12.5 Å². The van der Waals surface area contributed by atoms with E-state index in [9.17, 15) is 9.18 Å². The molecular weight excluding hydrogens is 423 g/mol. The molecule has 5 rings (SSSR count). The number of nitrogens with one attached hydrogen (secondary N) is 1. The number of halogens is 1. The molecular formula is C26H33FN2O2S. The van der Waals surface area contributed by atoms with Gasteiger partial charge in [0.1, 0.15) is 5.82 Å². The minimum absolute atomic E-state index is 0.0345. The molecule has 6 heteroatoms. The minimum Gasteiger partial charge on any atom is -0.376 e. The number of benzene rings is 1. The largest absolute Gasteiger partial charge is 0.376 e. The highest BCUT2D eigenvalue weighted by Gasteiger charge is 2.34. The van der Waals surface area contributed by atoms with Gasteiger partial charge < -0.3 is 9.30 Å². The Morgan fingerprint density at radius 3 is 2.50 bits per heavy atom. The van der Waals surface area contributed by atoms with Crippen LogP contribution in [0.1, 0.15) is 73.7 Å². The standard InChI is InChI=1S/C26H33FN2O2S/c1-17-2-9-21-10-15-24(28-32-23-13-14-23)25(29(21)26(17)30)16-31-22-11-5-19(6-12-22)18-3-7-20(27)8-4-18/h2-4,7-9,19,22-25,28H,5-6,10-16H2,1H3. The first kappa shape index (κ1) is 22.2. The molecule has 2 atom stereocenters. The Hall–Kier alpha value is -1.63. The van der Waals surface area contributed by atoms with Gasteiger partial charge in [0.15, 0.2) is 0 Å². The van der Waals surface area contributed by atoms with Crippen molar-refractivity contribution in [3.05, 3.63) is 69.4 Å². The summed E-state index contributed by atoms with van der Waals surface area (Å²) in [6.07, 6.45) is 8.93. The van der Waals surface area contributed by atoms with E-state index in [1.54, 1.807) is 12.1 Å². The molecule has 3 aliphatic rings. The number of fused-ring (bicyclic) bond motifs is 1. The lowest BCUT2D eigenvalue weighted by Crippen LogP contribution is -2.46. The van der Waals surface area contributed by atoms with Gasteiger partial charge in [-0.05, 0) is 88.0 Å². The molecule has 1 aliphatic heterocycles. The van der Waals surface area contributed by atoms with Crippen LogP contribution in [0.3, 0.4) is 0 Å². The van der Waals surface area contributed by atoms with Crippen molar-refractivity contribution in [1.82, 2.24) is 9.29 Å². The second-order valence-corrected chi connectivity index (χ2v) is 10.8. The van der Waals surface area contributed by atoms with Crippen LogP contribution in [0.5, 0.6) is 0 Å². The van der Waals surface area contributed by atoms with Crippen LogP contribution in [0.4, 0.5) is 4.39 Å². The van der Waals surface area contributed by atoms with Crippen molar-refractivity contribution < 1.29 is 9.13 Å². The Morgan fingerprint density at radius 1 is 1.03 bits per heavy atom. The zero-order valence-corrected chi connectivity index (χ0v) is 19.6. The van der Waals surface area contributed by atoms with E-state index in [2.05, 4.69) is 10.8 Å². The number of nitrogens with zero attached hydrogens (tertiary/aromatic N) is 1. The molecule has 0 saturated heterocycles. The number of pyridine rings is 1. The third-order valence-electron chi connectivity index (χ3n) is 7.33. The van der Waals surface area contributed by atoms with E-state index in [1.807, 2.05) is 41.6 Å². The van der Waals surface area contributed by atoms with Crippen LogP contribution in [0.25, 0.3) is 0 Å². The summed E-state index contributed by atoms with van der Waals surface area (Å²) in [5.41, 5.74) is 3.28. The predicted molar refractivity (Wildman–Crippen MR) is 128 cm³/mol. The second-order valence-electron chi connectivity index (χ2n) is 9.69. The van der Waals surface area contributed by atoms with E-state index < -0.39 is 0 Å². The van der Waals surface area contributed by atoms with Crippen molar-refractivity contribution in [2.75, 3.05) is 6.61 Å². The molecule has 4 nitrogen and oxygen atoms in total. The van der Waals surface area contributed by atoms with Gasteiger partial charge in [-0.2, -0.15) is 0 Å². The predicted octanol–water partition coefficient (Wildman–Crippen LogP) is 5.29. The second kappa shape index (κ2) is 9.70. The number of ether oxygens (including phenoxy) is 1. The van der Waals surface area contributed by atoms with Crippen molar-refractivity contribution in [2.24, 2.45) is 0 Å². The highest BCUT2D eigenvalue weighted by molar-refractivity contribution is 7.98. The van der Waals surface area contributed by atoms with Crippen LogP contribution in [0.2, 0.25) is 0 Å². The molecule has 1 aromatic carbocycles. The van der Waals surface area contributed by atoms with Crippen molar-refractivity contribution in [2.45, 2.75) is 87.6 Å². The van der Waals surface area contributed by atoms with Crippen LogP contribution in [0, 0.1) is 12.7 Å². The third-order valence-corrected chi connectivity index (χ3v) is 8.57. The van der Waals surface area contributed by atoms with Gasteiger partial charge in [0.05, 0.1) is 18.8 Å². The third kappa shape index (κ3) is 4.97. The maximum Gasteiger partial charge on any atom is 0.254 e. The Bertz CT molecular complexity index is 980. The van der Waals surface area contributed by atoms with Crippen molar-refractivity contribution >= 4 is 11.9 Å². The quantitative estimate of drug-likeness (QED) is 0.575. The molecule has 0 bridgehead atoms. The molecule has 2 heterocycles. The lowest BCUT2D eigenvalue weighted by Gasteiger charge is -2.37. The zero-order chi connectivity index (χ0) is 22.1. The first-order valence-electron chi connectivity index (χ1n) is 12.1. The van der Waals surface area contributed by atoms with Gasteiger partial charge in [-0.1, -0.05) is 30.1 Å². The summed E-state index contributed by atoms with van der Waals surface area (Å²) < 4.78 is 25.4. The fourth-order valence-electron chi connectivity index (χ4n) is 5.17. The highest BCUT2D eigenvalue weighted by Crippen LogP contribution is 2.36. The van der Waals surface area contributed by atoms with Crippen LogP contribution in [-0.4, -0.2) is 28.6 Å². The molecule has 172 valence electrons. The molecule has 32 heavy (non-hydrogen) atoms. The summed E-state index contributed by atoms with van der Waals surface area (Å²) in [6, 6.07) is 11.3. The number of rotatable bonds is 7. The molecule has 2 unspecified atom stereocenters. The molecule has 2 saturated carbocycles. The van der Waals surface area contributed by atoms with Crippen molar-refractivity contribution in [1.29, 1.82) is 0 Å². The monoisotopic (exact) mass is 456 g/mol. The lowest BCUT2D eigenvalue weighted by molar-refractivity contribution is -0.00153. The topological polar surface area (TPSA) is 43.3 Å². The Morgan fingerprint density at radius 2 is 1.78 bits per heavy atom. The number of hydrogen-bond donors (Lipinski definition) is 1. The van der Waals surface area contributed by atoms with Crippen molar-refractivity contribution in [3.63, 3.8) is 0 Å². The average molecular weight is 457 g/mol. The SMILES string of the molecule is Cc1ccc2n(c1=O)C(COC1CCC(c3ccc(F)cc3)CC1)C(NSC1CC1)CC2.